The number of benzene rings is 3. The number of para-hydroxylation sites is 1. The number of carbonyl (C=O) groups is 2. The Balaban J connectivity index is 1.96. The van der Waals surface area contributed by atoms with Crippen LogP contribution in [0.2, 0.25) is 0 Å². The third-order valence-electron chi connectivity index (χ3n) is 5.65. The van der Waals surface area contributed by atoms with E-state index >= 15 is 0 Å². The number of ketones is 1. The van der Waals surface area contributed by atoms with Crippen molar-refractivity contribution in [1.29, 1.82) is 0 Å². The summed E-state index contributed by atoms with van der Waals surface area (Å²) in [6.45, 7) is 1.99. The highest BCUT2D eigenvalue weighted by molar-refractivity contribution is 7.89. The van der Waals surface area contributed by atoms with Crippen molar-refractivity contribution in [2.75, 3.05) is 13.7 Å². The molecule has 0 amide bonds. The van der Waals surface area contributed by atoms with Crippen molar-refractivity contribution in [3.05, 3.63) is 101 Å². The van der Waals surface area contributed by atoms with Gasteiger partial charge >= 0.3 is 5.97 Å². The molecule has 0 fully saturated rings. The lowest BCUT2D eigenvalue weighted by Gasteiger charge is -2.33. The van der Waals surface area contributed by atoms with E-state index in [2.05, 4.69) is 0 Å². The Bertz CT molecular complexity index is 1400. The molecule has 3 aromatic rings. The number of unbranched alkanes of at least 4 members (excludes halogenated alkanes) is 1. The van der Waals surface area contributed by atoms with Crippen LogP contribution in [0.1, 0.15) is 46.0 Å². The number of fused-ring (bicyclic) bond motifs is 1. The summed E-state index contributed by atoms with van der Waals surface area (Å²) in [5.74, 6) is -1.12. The molecule has 0 aliphatic carbocycles. The van der Waals surface area contributed by atoms with Crippen molar-refractivity contribution < 1.29 is 27.5 Å². The van der Waals surface area contributed by atoms with Crippen LogP contribution in [0, 0.1) is 0 Å². The SMILES string of the molecule is CCCCN1C(C(=O)c2ccccc2)=C(OC(=O)c2ccccc2OC)c2ccccc2S1(=O)=O. The van der Waals surface area contributed by atoms with Gasteiger partial charge in [0, 0.05) is 17.7 Å². The molecule has 0 aromatic heterocycles. The summed E-state index contributed by atoms with van der Waals surface area (Å²) in [5.41, 5.74) is 0.402. The number of sulfonamides is 1. The second-order valence-electron chi connectivity index (χ2n) is 7.89. The molecule has 7 nitrogen and oxygen atoms in total. The minimum atomic E-state index is -4.06. The number of carbonyl (C=O) groups excluding carboxylic acids is 2. The molecular weight excluding hydrogens is 466 g/mol. The number of hydrogen-bond acceptors (Lipinski definition) is 6. The van der Waals surface area contributed by atoms with Gasteiger partial charge in [-0.3, -0.25) is 9.10 Å². The smallest absolute Gasteiger partial charge is 0.347 e. The summed E-state index contributed by atoms with van der Waals surface area (Å²) >= 11 is 0. The van der Waals surface area contributed by atoms with E-state index in [1.165, 1.54) is 19.2 Å². The molecule has 0 radical (unpaired) electrons. The molecule has 0 saturated heterocycles. The molecule has 0 bridgehead atoms. The lowest BCUT2D eigenvalue weighted by atomic mass is 10.0. The van der Waals surface area contributed by atoms with Crippen LogP contribution in [0.4, 0.5) is 0 Å². The average molecular weight is 492 g/mol. The van der Waals surface area contributed by atoms with Crippen LogP contribution in [0.25, 0.3) is 5.76 Å². The van der Waals surface area contributed by atoms with E-state index in [0.717, 1.165) is 4.31 Å². The zero-order valence-corrected chi connectivity index (χ0v) is 20.2. The molecule has 0 saturated carbocycles. The second-order valence-corrected chi connectivity index (χ2v) is 9.72. The van der Waals surface area contributed by atoms with Crippen LogP contribution in [-0.2, 0) is 14.8 Å². The van der Waals surface area contributed by atoms with Crippen molar-refractivity contribution in [3.63, 3.8) is 0 Å². The number of esters is 1. The van der Waals surface area contributed by atoms with E-state index in [4.69, 9.17) is 9.47 Å². The molecule has 35 heavy (non-hydrogen) atoms. The lowest BCUT2D eigenvalue weighted by molar-refractivity contribution is 0.0682. The van der Waals surface area contributed by atoms with Gasteiger partial charge in [0.25, 0.3) is 10.0 Å². The fourth-order valence-corrected chi connectivity index (χ4v) is 5.60. The number of rotatable bonds is 8. The first-order valence-electron chi connectivity index (χ1n) is 11.2. The fraction of sp³-hybridized carbons (Fsp3) is 0.185. The monoisotopic (exact) mass is 491 g/mol. The number of Topliss-reactive ketones (excluding diaryl/α,β-unsaturated/α-hetero) is 1. The summed E-state index contributed by atoms with van der Waals surface area (Å²) in [6.07, 6.45) is 1.22. The maximum absolute atomic E-state index is 13.7. The minimum absolute atomic E-state index is 0.0245. The topological polar surface area (TPSA) is 90.0 Å². The molecular formula is C27H25NO6S. The van der Waals surface area contributed by atoms with Gasteiger partial charge in [0.2, 0.25) is 5.78 Å². The second kappa shape index (κ2) is 10.1. The zero-order chi connectivity index (χ0) is 25.0. The van der Waals surface area contributed by atoms with E-state index in [9.17, 15) is 18.0 Å². The molecule has 3 aromatic carbocycles. The van der Waals surface area contributed by atoms with Crippen molar-refractivity contribution in [2.24, 2.45) is 0 Å². The van der Waals surface area contributed by atoms with Crippen molar-refractivity contribution in [1.82, 2.24) is 4.31 Å². The Morgan fingerprint density at radius 2 is 1.54 bits per heavy atom. The molecule has 1 heterocycles. The third kappa shape index (κ3) is 4.57. The maximum atomic E-state index is 13.7. The highest BCUT2D eigenvalue weighted by Crippen LogP contribution is 2.39. The van der Waals surface area contributed by atoms with Crippen LogP contribution in [0.5, 0.6) is 5.75 Å². The molecule has 0 N–H and O–H groups in total. The van der Waals surface area contributed by atoms with Crippen molar-refractivity contribution >= 4 is 27.5 Å². The lowest BCUT2D eigenvalue weighted by Crippen LogP contribution is -2.39. The number of hydrogen-bond donors (Lipinski definition) is 0. The van der Waals surface area contributed by atoms with Crippen molar-refractivity contribution in [3.8, 4) is 5.75 Å². The van der Waals surface area contributed by atoms with Gasteiger partial charge in [-0.05, 0) is 30.7 Å². The van der Waals surface area contributed by atoms with Gasteiger partial charge in [-0.1, -0.05) is 67.9 Å². The molecule has 180 valence electrons. The van der Waals surface area contributed by atoms with Crippen molar-refractivity contribution in [2.45, 2.75) is 24.7 Å². The molecule has 0 atom stereocenters. The van der Waals surface area contributed by atoms with Gasteiger partial charge in [0.15, 0.2) is 5.76 Å². The highest BCUT2D eigenvalue weighted by atomic mass is 32.2. The van der Waals surface area contributed by atoms with Crippen LogP contribution in [0.3, 0.4) is 0 Å². The number of methoxy groups -OCH3 is 1. The van der Waals surface area contributed by atoms with Gasteiger partial charge < -0.3 is 9.47 Å². The summed E-state index contributed by atoms with van der Waals surface area (Å²) in [4.78, 5) is 27.0. The largest absolute Gasteiger partial charge is 0.496 e. The summed E-state index contributed by atoms with van der Waals surface area (Å²) < 4.78 is 39.5. The first-order chi connectivity index (χ1) is 16.9. The van der Waals surface area contributed by atoms with E-state index < -0.39 is 21.8 Å². The van der Waals surface area contributed by atoms with E-state index in [0.29, 0.717) is 18.6 Å². The third-order valence-corrected chi connectivity index (χ3v) is 7.51. The van der Waals surface area contributed by atoms with Gasteiger partial charge in [0.05, 0.1) is 12.0 Å². The molecule has 8 heteroatoms. The number of nitrogens with zero attached hydrogens (tertiary/aromatic N) is 1. The Morgan fingerprint density at radius 3 is 2.26 bits per heavy atom. The molecule has 1 aliphatic heterocycles. The van der Waals surface area contributed by atoms with E-state index in [-0.39, 0.29) is 39.6 Å². The predicted molar refractivity (Wildman–Crippen MR) is 131 cm³/mol. The van der Waals surface area contributed by atoms with E-state index in [1.54, 1.807) is 66.7 Å². The van der Waals surface area contributed by atoms with Gasteiger partial charge in [-0.2, -0.15) is 0 Å². The number of ether oxygens (including phenoxy) is 2. The predicted octanol–water partition coefficient (Wildman–Crippen LogP) is 4.91. The molecule has 4 rings (SSSR count). The minimum Gasteiger partial charge on any atom is -0.496 e. The first-order valence-corrected chi connectivity index (χ1v) is 12.7. The zero-order valence-electron chi connectivity index (χ0n) is 19.4. The molecule has 0 unspecified atom stereocenters. The van der Waals surface area contributed by atoms with E-state index in [1.807, 2.05) is 6.92 Å². The highest BCUT2D eigenvalue weighted by Gasteiger charge is 2.41. The Hall–Kier alpha value is -3.91. The molecule has 0 spiro atoms. The van der Waals surface area contributed by atoms with Crippen LogP contribution in [0.15, 0.2) is 89.5 Å². The average Bonchev–Trinajstić information content (AvgIpc) is 2.89. The summed E-state index contributed by atoms with van der Waals surface area (Å²) in [7, 11) is -2.63. The number of allylic oxidation sites excluding steroid dienone is 1. The Kier molecular flexibility index (Phi) is 7.02. The molecule has 1 aliphatic rings. The van der Waals surface area contributed by atoms with Crippen LogP contribution >= 0.6 is 0 Å². The standard InChI is InChI=1S/C27H25NO6S/c1-3-4-18-28-24(25(29)19-12-6-5-7-13-19)26(21-15-9-11-17-23(21)35(28,31)32)34-27(30)20-14-8-10-16-22(20)33-2/h5-17H,3-4,18H2,1-2H3. The summed E-state index contributed by atoms with van der Waals surface area (Å²) in [6, 6.07) is 21.1. The normalized spacial score (nSPS) is 14.3. The first kappa shape index (κ1) is 24.2. The van der Waals surface area contributed by atoms with Gasteiger partial charge in [-0.25, -0.2) is 13.2 Å². The quantitative estimate of drug-likeness (QED) is 0.329. The van der Waals surface area contributed by atoms with Gasteiger partial charge in [-0.15, -0.1) is 0 Å². The van der Waals surface area contributed by atoms with Gasteiger partial charge in [0.1, 0.15) is 17.0 Å². The fourth-order valence-electron chi connectivity index (χ4n) is 3.90. The Morgan fingerprint density at radius 1 is 0.886 bits per heavy atom. The van der Waals surface area contributed by atoms with Crippen LogP contribution < -0.4 is 4.74 Å². The summed E-state index contributed by atoms with van der Waals surface area (Å²) in [5, 5.41) is 0. The maximum Gasteiger partial charge on any atom is 0.347 e. The Labute approximate surface area is 204 Å². The van der Waals surface area contributed by atoms with Crippen LogP contribution in [-0.4, -0.2) is 38.1 Å².